The molecule has 0 atom stereocenters. The Balaban J connectivity index is 1.80. The number of hydrogen-bond donors (Lipinski definition) is 4. The van der Waals surface area contributed by atoms with Crippen molar-refractivity contribution in [3.8, 4) is 17.2 Å². The van der Waals surface area contributed by atoms with E-state index < -0.39 is 17.2 Å². The highest BCUT2D eigenvalue weighted by Gasteiger charge is 2.07. The van der Waals surface area contributed by atoms with Crippen LogP contribution in [0.3, 0.4) is 0 Å². The number of rotatable bonds is 3. The number of nitrogens with zero attached hydrogens (tertiary/aromatic N) is 2. The van der Waals surface area contributed by atoms with Crippen LogP contribution in [0.4, 0.5) is 5.13 Å². The zero-order chi connectivity index (χ0) is 15.7. The third-order valence-corrected chi connectivity index (χ3v) is 4.19. The summed E-state index contributed by atoms with van der Waals surface area (Å²) in [7, 11) is 0. The van der Waals surface area contributed by atoms with Gasteiger partial charge in [-0.1, -0.05) is 23.5 Å². The van der Waals surface area contributed by atoms with Crippen LogP contribution >= 0.6 is 11.3 Å². The first kappa shape index (κ1) is 14.2. The van der Waals surface area contributed by atoms with Crippen molar-refractivity contribution in [3.63, 3.8) is 0 Å². The largest absolute Gasteiger partial charge is 0.504 e. The molecule has 0 bridgehead atoms. The fourth-order valence-electron chi connectivity index (χ4n) is 2.00. The van der Waals surface area contributed by atoms with E-state index in [0.717, 1.165) is 15.8 Å². The molecule has 4 N–H and O–H groups in total. The zero-order valence-corrected chi connectivity index (χ0v) is 12.4. The second kappa shape index (κ2) is 5.53. The monoisotopic (exact) mass is 315 g/mol. The van der Waals surface area contributed by atoms with Crippen LogP contribution in [0, 0.1) is 6.92 Å². The van der Waals surface area contributed by atoms with E-state index in [2.05, 4.69) is 15.5 Å². The second-order valence-corrected chi connectivity index (χ2v) is 5.72. The van der Waals surface area contributed by atoms with Crippen LogP contribution < -0.4 is 5.43 Å². The van der Waals surface area contributed by atoms with Crippen molar-refractivity contribution in [2.24, 2.45) is 5.10 Å². The maximum absolute atomic E-state index is 9.42. The number of hydrazone groups is 1. The minimum Gasteiger partial charge on any atom is -0.504 e. The molecule has 0 fully saturated rings. The van der Waals surface area contributed by atoms with Gasteiger partial charge >= 0.3 is 0 Å². The SMILES string of the molecule is Cc1cccc2nc(N/N=C/c3cc(O)c(O)c(O)c3)sc12. The van der Waals surface area contributed by atoms with Gasteiger partial charge in [0.1, 0.15) is 0 Å². The van der Waals surface area contributed by atoms with Gasteiger partial charge in [-0.05, 0) is 30.7 Å². The Hall–Kier alpha value is -2.80. The highest BCUT2D eigenvalue weighted by Crippen LogP contribution is 2.34. The Morgan fingerprint density at radius 2 is 1.91 bits per heavy atom. The molecule has 0 spiro atoms. The van der Waals surface area contributed by atoms with E-state index in [1.165, 1.54) is 29.7 Å². The molecule has 6 nitrogen and oxygen atoms in total. The first-order valence-electron chi connectivity index (χ1n) is 6.45. The summed E-state index contributed by atoms with van der Waals surface area (Å²) in [4.78, 5) is 4.41. The minimum absolute atomic E-state index is 0.405. The first-order chi connectivity index (χ1) is 10.5. The van der Waals surface area contributed by atoms with E-state index in [4.69, 9.17) is 0 Å². The summed E-state index contributed by atoms with van der Waals surface area (Å²) in [6.07, 6.45) is 1.41. The smallest absolute Gasteiger partial charge is 0.204 e. The molecular weight excluding hydrogens is 302 g/mol. The Morgan fingerprint density at radius 1 is 1.18 bits per heavy atom. The van der Waals surface area contributed by atoms with Crippen LogP contribution in [0.2, 0.25) is 0 Å². The van der Waals surface area contributed by atoms with Gasteiger partial charge in [0, 0.05) is 5.56 Å². The Bertz CT molecular complexity index is 851. The third-order valence-electron chi connectivity index (χ3n) is 3.08. The molecule has 0 aliphatic carbocycles. The molecular formula is C15H13N3O3S. The summed E-state index contributed by atoms with van der Waals surface area (Å²) in [6.45, 7) is 2.02. The molecule has 0 unspecified atom stereocenters. The maximum atomic E-state index is 9.42. The van der Waals surface area contributed by atoms with Crippen molar-refractivity contribution in [2.45, 2.75) is 6.92 Å². The van der Waals surface area contributed by atoms with Gasteiger partial charge in [-0.3, -0.25) is 5.43 Å². The molecule has 1 aromatic heterocycles. The molecule has 3 aromatic rings. The van der Waals surface area contributed by atoms with Crippen LogP contribution in [0.1, 0.15) is 11.1 Å². The molecule has 0 aliphatic heterocycles. The maximum Gasteiger partial charge on any atom is 0.204 e. The molecule has 0 saturated carbocycles. The highest BCUT2D eigenvalue weighted by atomic mass is 32.1. The summed E-state index contributed by atoms with van der Waals surface area (Å²) in [5, 5.41) is 32.8. The molecule has 112 valence electrons. The number of hydrogen-bond acceptors (Lipinski definition) is 7. The number of aryl methyl sites for hydroxylation is 1. The van der Waals surface area contributed by atoms with Crippen LogP contribution in [0.5, 0.6) is 17.2 Å². The lowest BCUT2D eigenvalue weighted by molar-refractivity contribution is 0.368. The molecule has 7 heteroatoms. The van der Waals surface area contributed by atoms with Crippen molar-refractivity contribution in [1.29, 1.82) is 0 Å². The Kier molecular flexibility index (Phi) is 3.56. The first-order valence-corrected chi connectivity index (χ1v) is 7.26. The summed E-state index contributed by atoms with van der Waals surface area (Å²) < 4.78 is 1.10. The van der Waals surface area contributed by atoms with Crippen LogP contribution in [-0.4, -0.2) is 26.5 Å². The molecule has 1 heterocycles. The topological polar surface area (TPSA) is 98.0 Å². The van der Waals surface area contributed by atoms with Crippen LogP contribution in [0.15, 0.2) is 35.4 Å². The number of nitrogens with one attached hydrogen (secondary N) is 1. The molecule has 2 aromatic carbocycles. The number of aromatic hydroxyl groups is 3. The van der Waals surface area contributed by atoms with Gasteiger partial charge in [0.2, 0.25) is 5.13 Å². The van der Waals surface area contributed by atoms with E-state index in [0.29, 0.717) is 10.7 Å². The van der Waals surface area contributed by atoms with E-state index in [1.54, 1.807) is 0 Å². The predicted molar refractivity (Wildman–Crippen MR) is 87.0 cm³/mol. The van der Waals surface area contributed by atoms with E-state index in [1.807, 2.05) is 25.1 Å². The molecule has 3 rings (SSSR count). The third kappa shape index (κ3) is 2.66. The Morgan fingerprint density at radius 3 is 2.59 bits per heavy atom. The number of thiazole rings is 1. The van der Waals surface area contributed by atoms with Crippen molar-refractivity contribution in [1.82, 2.24) is 4.98 Å². The Labute approximate surface area is 130 Å². The van der Waals surface area contributed by atoms with Gasteiger partial charge in [0.25, 0.3) is 0 Å². The summed E-state index contributed by atoms with van der Waals surface area (Å²) in [5.74, 6) is -1.36. The lowest BCUT2D eigenvalue weighted by Gasteiger charge is -2.01. The van der Waals surface area contributed by atoms with E-state index in [9.17, 15) is 15.3 Å². The van der Waals surface area contributed by atoms with E-state index >= 15 is 0 Å². The van der Waals surface area contributed by atoms with Crippen molar-refractivity contribution >= 4 is 32.9 Å². The number of phenolic OH excluding ortho intramolecular Hbond substituents is 3. The number of anilines is 1. The van der Waals surface area contributed by atoms with Crippen molar-refractivity contribution < 1.29 is 15.3 Å². The summed E-state index contributed by atoms with van der Waals surface area (Å²) in [5.41, 5.74) is 5.31. The summed E-state index contributed by atoms with van der Waals surface area (Å²) in [6, 6.07) is 8.50. The second-order valence-electron chi connectivity index (χ2n) is 4.72. The summed E-state index contributed by atoms with van der Waals surface area (Å²) >= 11 is 1.49. The lowest BCUT2D eigenvalue weighted by atomic mass is 10.2. The van der Waals surface area contributed by atoms with Gasteiger partial charge in [-0.25, -0.2) is 4.98 Å². The van der Waals surface area contributed by atoms with Gasteiger partial charge in [-0.2, -0.15) is 5.10 Å². The molecule has 0 saturated heterocycles. The lowest BCUT2D eigenvalue weighted by Crippen LogP contribution is -1.89. The molecule has 22 heavy (non-hydrogen) atoms. The van der Waals surface area contributed by atoms with Gasteiger partial charge < -0.3 is 15.3 Å². The molecule has 0 amide bonds. The minimum atomic E-state index is -0.549. The standard InChI is InChI=1S/C15H13N3O3S/c1-8-3-2-4-10-14(8)22-15(17-10)18-16-7-9-5-11(19)13(21)12(20)6-9/h2-7,19-21H,1H3,(H,17,18)/b16-7+. The van der Waals surface area contributed by atoms with Crippen LogP contribution in [0.25, 0.3) is 10.2 Å². The quantitative estimate of drug-likeness (QED) is 0.338. The predicted octanol–water partition coefficient (Wildman–Crippen LogP) is 3.17. The number of benzene rings is 2. The van der Waals surface area contributed by atoms with E-state index in [-0.39, 0.29) is 0 Å². The zero-order valence-electron chi connectivity index (χ0n) is 11.6. The van der Waals surface area contributed by atoms with Gasteiger partial charge in [0.05, 0.1) is 16.4 Å². The number of fused-ring (bicyclic) bond motifs is 1. The van der Waals surface area contributed by atoms with Crippen molar-refractivity contribution in [2.75, 3.05) is 5.43 Å². The fraction of sp³-hybridized carbons (Fsp3) is 0.0667. The number of aromatic nitrogens is 1. The number of phenols is 3. The molecule has 0 aliphatic rings. The average Bonchev–Trinajstić information content (AvgIpc) is 2.89. The highest BCUT2D eigenvalue weighted by molar-refractivity contribution is 7.22. The van der Waals surface area contributed by atoms with Gasteiger partial charge in [-0.15, -0.1) is 0 Å². The molecule has 0 radical (unpaired) electrons. The van der Waals surface area contributed by atoms with Crippen molar-refractivity contribution in [3.05, 3.63) is 41.5 Å². The average molecular weight is 315 g/mol. The normalized spacial score (nSPS) is 11.3. The van der Waals surface area contributed by atoms with Gasteiger partial charge in [0.15, 0.2) is 17.2 Å². The van der Waals surface area contributed by atoms with Crippen LogP contribution in [-0.2, 0) is 0 Å². The fourth-order valence-corrected chi connectivity index (χ4v) is 2.88.